The number of carbonyl (C=O) groups is 1. The first kappa shape index (κ1) is 24.0. The molecule has 0 aliphatic heterocycles. The molecule has 0 N–H and O–H groups in total. The predicted molar refractivity (Wildman–Crippen MR) is 125 cm³/mol. The van der Waals surface area contributed by atoms with Crippen molar-refractivity contribution in [1.82, 2.24) is 0 Å². The van der Waals surface area contributed by atoms with Crippen LogP contribution in [0, 0.1) is 0 Å². The number of benzene rings is 2. The van der Waals surface area contributed by atoms with Crippen LogP contribution in [0.2, 0.25) is 10.0 Å². The van der Waals surface area contributed by atoms with Crippen LogP contribution in [-0.4, -0.2) is 18.7 Å². The summed E-state index contributed by atoms with van der Waals surface area (Å²) >= 11 is 12.4. The van der Waals surface area contributed by atoms with E-state index in [9.17, 15) is 4.79 Å². The molecule has 0 fully saturated rings. The Kier molecular flexibility index (Phi) is 10.8. The summed E-state index contributed by atoms with van der Waals surface area (Å²) in [6.45, 7) is 5.62. The summed E-state index contributed by atoms with van der Waals surface area (Å²) in [7, 11) is -0.130. The molecule has 0 aliphatic rings. The fourth-order valence-corrected chi connectivity index (χ4v) is 4.59. The average Bonchev–Trinajstić information content (AvgIpc) is 2.70. The molecule has 29 heavy (non-hydrogen) atoms. The van der Waals surface area contributed by atoms with Crippen LogP contribution in [0.25, 0.3) is 0 Å². The Bertz CT molecular complexity index is 775. The van der Waals surface area contributed by atoms with Crippen LogP contribution in [0.1, 0.15) is 62.7 Å². The van der Waals surface area contributed by atoms with Gasteiger partial charge in [-0.3, -0.25) is 4.79 Å². The highest BCUT2D eigenvalue weighted by molar-refractivity contribution is 7.66. The van der Waals surface area contributed by atoms with Gasteiger partial charge in [0.1, 0.15) is 11.5 Å². The molecule has 2 aromatic carbocycles. The second-order valence-corrected chi connectivity index (χ2v) is 8.88. The van der Waals surface area contributed by atoms with Gasteiger partial charge in [-0.2, -0.15) is 0 Å². The third kappa shape index (κ3) is 7.81. The Morgan fingerprint density at radius 1 is 0.897 bits per heavy atom. The van der Waals surface area contributed by atoms with E-state index in [1.165, 1.54) is 0 Å². The van der Waals surface area contributed by atoms with E-state index in [0.717, 1.165) is 49.6 Å². The Hall–Kier alpha value is -1.28. The van der Waals surface area contributed by atoms with Gasteiger partial charge < -0.3 is 9.47 Å². The van der Waals surface area contributed by atoms with E-state index in [0.29, 0.717) is 34.6 Å². The van der Waals surface area contributed by atoms with Gasteiger partial charge in [0.2, 0.25) is 0 Å². The fraction of sp³-hybridized carbons (Fsp3) is 0.435. The molecule has 0 aliphatic carbocycles. The molecule has 0 spiro atoms. The lowest BCUT2D eigenvalue weighted by Crippen LogP contribution is -2.10. The fourth-order valence-electron chi connectivity index (χ4n) is 2.79. The molecular formula is C23H29Cl2O3P. The normalized spacial score (nSPS) is 11.2. The van der Waals surface area contributed by atoms with E-state index < -0.39 is 0 Å². The van der Waals surface area contributed by atoms with Crippen LogP contribution in [0.5, 0.6) is 11.5 Å². The van der Waals surface area contributed by atoms with Crippen LogP contribution in [0.15, 0.2) is 36.4 Å². The Morgan fingerprint density at radius 2 is 1.52 bits per heavy atom. The van der Waals surface area contributed by atoms with Gasteiger partial charge in [0.05, 0.1) is 28.8 Å². The van der Waals surface area contributed by atoms with E-state index in [2.05, 4.69) is 13.8 Å². The molecule has 1 atom stereocenters. The van der Waals surface area contributed by atoms with Gasteiger partial charge in [-0.25, -0.2) is 0 Å². The van der Waals surface area contributed by atoms with Crippen molar-refractivity contribution in [2.24, 2.45) is 0 Å². The van der Waals surface area contributed by atoms with Crippen molar-refractivity contribution in [3.8, 4) is 11.5 Å². The summed E-state index contributed by atoms with van der Waals surface area (Å²) in [5.41, 5.74) is 0.265. The second kappa shape index (κ2) is 13.1. The monoisotopic (exact) mass is 454 g/mol. The molecule has 3 nitrogen and oxygen atoms in total. The molecule has 0 saturated carbocycles. The summed E-state index contributed by atoms with van der Waals surface area (Å²) in [5.74, 6) is 1.47. The minimum atomic E-state index is -0.130. The van der Waals surface area contributed by atoms with Gasteiger partial charge >= 0.3 is 0 Å². The molecule has 0 bridgehead atoms. The van der Waals surface area contributed by atoms with Crippen molar-refractivity contribution in [1.29, 1.82) is 0 Å². The van der Waals surface area contributed by atoms with Crippen molar-refractivity contribution in [2.75, 3.05) is 13.2 Å². The molecule has 6 heteroatoms. The van der Waals surface area contributed by atoms with Crippen LogP contribution in [0.3, 0.4) is 0 Å². The first-order valence-corrected chi connectivity index (χ1v) is 12.0. The summed E-state index contributed by atoms with van der Waals surface area (Å²) in [6, 6.07) is 10.8. The van der Waals surface area contributed by atoms with E-state index >= 15 is 0 Å². The molecular weight excluding hydrogens is 426 g/mol. The first-order valence-electron chi connectivity index (χ1n) is 10.2. The zero-order chi connectivity index (χ0) is 21.1. The third-order valence-electron chi connectivity index (χ3n) is 4.41. The first-order chi connectivity index (χ1) is 14.1. The van der Waals surface area contributed by atoms with E-state index in [4.69, 9.17) is 32.7 Å². The zero-order valence-corrected chi connectivity index (χ0v) is 19.6. The summed E-state index contributed by atoms with van der Waals surface area (Å²) < 4.78 is 11.9. The molecule has 0 aromatic heterocycles. The van der Waals surface area contributed by atoms with Crippen LogP contribution >= 0.6 is 31.8 Å². The Labute approximate surface area is 185 Å². The molecule has 1 unspecified atom stereocenters. The van der Waals surface area contributed by atoms with Crippen molar-refractivity contribution < 1.29 is 14.3 Å². The molecule has 0 amide bonds. The number of rotatable bonds is 13. The Morgan fingerprint density at radius 3 is 2.14 bits per heavy atom. The summed E-state index contributed by atoms with van der Waals surface area (Å²) in [4.78, 5) is 12.9. The highest BCUT2D eigenvalue weighted by Gasteiger charge is 2.18. The minimum absolute atomic E-state index is 0.101. The molecule has 0 heterocycles. The average molecular weight is 455 g/mol. The van der Waals surface area contributed by atoms with Crippen molar-refractivity contribution >= 4 is 42.6 Å². The largest absolute Gasteiger partial charge is 0.493 e. The van der Waals surface area contributed by atoms with Crippen molar-refractivity contribution in [2.45, 2.75) is 52.4 Å². The molecule has 0 radical (unpaired) electrons. The molecule has 2 rings (SSSR count). The number of unbranched alkanes of at least 4 members (excludes halogenated alkanes) is 4. The minimum Gasteiger partial charge on any atom is -0.493 e. The van der Waals surface area contributed by atoms with Crippen LogP contribution in [-0.2, 0) is 0 Å². The van der Waals surface area contributed by atoms with Crippen molar-refractivity contribution in [3.63, 3.8) is 0 Å². The standard InChI is InChI=1S/C23H29Cl2O3P/c1-3-5-7-14-27-17-12-13-21(20(16-17)28-15-8-6-4-2)29-23(26)22-18(24)10-9-11-19(22)25/h9-13,16,29H,3-8,14-15H2,1-2H3. The maximum absolute atomic E-state index is 12.9. The predicted octanol–water partition coefficient (Wildman–Crippen LogP) is 7.28. The summed E-state index contributed by atoms with van der Waals surface area (Å²) in [6.07, 6.45) is 6.54. The van der Waals surface area contributed by atoms with E-state index in [1.54, 1.807) is 18.2 Å². The lowest BCUT2D eigenvalue weighted by Gasteiger charge is -2.14. The Balaban J connectivity index is 2.16. The number of carbonyl (C=O) groups excluding carboxylic acids is 1. The zero-order valence-electron chi connectivity index (χ0n) is 17.1. The van der Waals surface area contributed by atoms with Gasteiger partial charge in [-0.05, 0) is 45.7 Å². The number of hydrogen-bond donors (Lipinski definition) is 0. The van der Waals surface area contributed by atoms with Gasteiger partial charge in [0.25, 0.3) is 0 Å². The van der Waals surface area contributed by atoms with E-state index in [1.807, 2.05) is 18.2 Å². The SMILES string of the molecule is CCCCCOc1ccc(PC(=O)c2c(Cl)cccc2Cl)c(OCCCCC)c1. The lowest BCUT2D eigenvalue weighted by atomic mass is 10.2. The van der Waals surface area contributed by atoms with Crippen LogP contribution in [0.4, 0.5) is 0 Å². The number of ether oxygens (including phenoxy) is 2. The number of hydrogen-bond acceptors (Lipinski definition) is 3. The summed E-state index contributed by atoms with van der Waals surface area (Å²) in [5, 5.41) is 1.58. The van der Waals surface area contributed by atoms with Gasteiger partial charge in [-0.15, -0.1) is 0 Å². The third-order valence-corrected chi connectivity index (χ3v) is 6.20. The molecule has 158 valence electrons. The van der Waals surface area contributed by atoms with Gasteiger partial charge in [0, 0.05) is 11.4 Å². The quantitative estimate of drug-likeness (QED) is 0.235. The highest BCUT2D eigenvalue weighted by Crippen LogP contribution is 2.33. The lowest BCUT2D eigenvalue weighted by molar-refractivity contribution is 0.108. The van der Waals surface area contributed by atoms with Gasteiger partial charge in [0.15, 0.2) is 5.52 Å². The maximum Gasteiger partial charge on any atom is 0.188 e. The highest BCUT2D eigenvalue weighted by atomic mass is 35.5. The molecule has 2 aromatic rings. The maximum atomic E-state index is 12.9. The van der Waals surface area contributed by atoms with Crippen LogP contribution < -0.4 is 14.8 Å². The van der Waals surface area contributed by atoms with E-state index in [-0.39, 0.29) is 14.1 Å². The molecule has 0 saturated heterocycles. The topological polar surface area (TPSA) is 35.5 Å². The second-order valence-electron chi connectivity index (χ2n) is 6.82. The number of halogens is 2. The smallest absolute Gasteiger partial charge is 0.188 e. The van der Waals surface area contributed by atoms with Crippen molar-refractivity contribution in [3.05, 3.63) is 52.0 Å². The van der Waals surface area contributed by atoms with Gasteiger partial charge in [-0.1, -0.05) is 68.8 Å².